The highest BCUT2D eigenvalue weighted by Gasteiger charge is 2.31. The minimum absolute atomic E-state index is 0.0572. The Bertz CT molecular complexity index is 376. The molecule has 1 aliphatic carbocycles. The van der Waals surface area contributed by atoms with Gasteiger partial charge in [0, 0.05) is 25.0 Å². The van der Waals surface area contributed by atoms with Crippen LogP contribution in [0.3, 0.4) is 0 Å². The molecule has 17 heavy (non-hydrogen) atoms. The van der Waals surface area contributed by atoms with Gasteiger partial charge in [0.15, 0.2) is 0 Å². The average molecular weight is 235 g/mol. The number of hydrogen-bond donors (Lipinski definition) is 1. The van der Waals surface area contributed by atoms with E-state index in [0.717, 1.165) is 25.6 Å². The van der Waals surface area contributed by atoms with Crippen molar-refractivity contribution in [2.45, 2.75) is 50.6 Å². The Balaban J connectivity index is 1.76. The summed E-state index contributed by atoms with van der Waals surface area (Å²) in [4.78, 5) is 4.47. The minimum Gasteiger partial charge on any atom is -0.379 e. The highest BCUT2D eigenvalue weighted by molar-refractivity contribution is 5.32. The molecule has 1 saturated carbocycles. The van der Waals surface area contributed by atoms with Gasteiger partial charge in [-0.2, -0.15) is 0 Å². The van der Waals surface area contributed by atoms with E-state index in [1.165, 1.54) is 25.7 Å². The van der Waals surface area contributed by atoms with Gasteiger partial charge >= 0.3 is 0 Å². The van der Waals surface area contributed by atoms with E-state index < -0.39 is 0 Å². The third-order valence-electron chi connectivity index (χ3n) is 4.02. The van der Waals surface area contributed by atoms with Crippen LogP contribution < -0.4 is 5.32 Å². The molecule has 1 unspecified atom stereocenters. The van der Waals surface area contributed by atoms with Crippen molar-refractivity contribution in [3.63, 3.8) is 0 Å². The molecule has 1 aromatic heterocycles. The highest BCUT2D eigenvalue weighted by Crippen LogP contribution is 2.32. The molecule has 1 saturated heterocycles. The maximum Gasteiger partial charge on any atom is 0.203 e. The molecule has 2 aliphatic rings. The summed E-state index contributed by atoms with van der Waals surface area (Å²) in [6, 6.07) is 0.644. The van der Waals surface area contributed by atoms with Gasteiger partial charge in [0.1, 0.15) is 0 Å². The molecular weight excluding hydrogens is 214 g/mol. The molecule has 0 aromatic carbocycles. The summed E-state index contributed by atoms with van der Waals surface area (Å²) in [5, 5.41) is 3.57. The molecule has 2 heterocycles. The van der Waals surface area contributed by atoms with Gasteiger partial charge in [-0.15, -0.1) is 0 Å². The minimum atomic E-state index is 0.0572. The molecule has 94 valence electrons. The van der Waals surface area contributed by atoms with E-state index in [-0.39, 0.29) is 5.54 Å². The Morgan fingerprint density at radius 1 is 1.47 bits per heavy atom. The number of anilines is 1. The van der Waals surface area contributed by atoms with Crippen LogP contribution in [0.4, 0.5) is 5.95 Å². The zero-order valence-corrected chi connectivity index (χ0v) is 10.5. The number of aromatic nitrogens is 2. The molecular formula is C13H21N3O. The van der Waals surface area contributed by atoms with Gasteiger partial charge in [0.2, 0.25) is 5.95 Å². The summed E-state index contributed by atoms with van der Waals surface area (Å²) in [6.07, 6.45) is 10.4. The second kappa shape index (κ2) is 4.33. The number of hydrogen-bond acceptors (Lipinski definition) is 3. The monoisotopic (exact) mass is 235 g/mol. The number of imidazole rings is 1. The van der Waals surface area contributed by atoms with Crippen LogP contribution in [0.25, 0.3) is 0 Å². The molecule has 4 heteroatoms. The lowest BCUT2D eigenvalue weighted by molar-refractivity contribution is 0.185. The van der Waals surface area contributed by atoms with E-state index in [1.54, 1.807) is 0 Å². The molecule has 0 radical (unpaired) electrons. The van der Waals surface area contributed by atoms with Crippen molar-refractivity contribution >= 4 is 5.95 Å². The maximum atomic E-state index is 5.47. The van der Waals surface area contributed by atoms with E-state index in [4.69, 9.17) is 4.74 Å². The molecule has 1 atom stereocenters. The van der Waals surface area contributed by atoms with Crippen molar-refractivity contribution in [2.24, 2.45) is 0 Å². The van der Waals surface area contributed by atoms with Crippen LogP contribution in [0.15, 0.2) is 12.4 Å². The molecule has 4 nitrogen and oxygen atoms in total. The van der Waals surface area contributed by atoms with Gasteiger partial charge in [-0.3, -0.25) is 0 Å². The molecule has 2 fully saturated rings. The van der Waals surface area contributed by atoms with Crippen molar-refractivity contribution in [1.29, 1.82) is 0 Å². The SMILES string of the molecule is CC1(Nc2nccn2C2CCCC2)CCOC1. The van der Waals surface area contributed by atoms with Crippen molar-refractivity contribution in [2.75, 3.05) is 18.5 Å². The fourth-order valence-electron chi connectivity index (χ4n) is 2.92. The normalized spacial score (nSPS) is 29.9. The van der Waals surface area contributed by atoms with Crippen molar-refractivity contribution < 1.29 is 4.74 Å². The molecule has 1 aliphatic heterocycles. The highest BCUT2D eigenvalue weighted by atomic mass is 16.5. The zero-order valence-electron chi connectivity index (χ0n) is 10.5. The molecule has 1 N–H and O–H groups in total. The standard InChI is InChI=1S/C13H21N3O/c1-13(6-9-17-10-13)15-12-14-7-8-16(12)11-4-2-3-5-11/h7-8,11H,2-6,9-10H2,1H3,(H,14,15). The Labute approximate surface area is 102 Å². The summed E-state index contributed by atoms with van der Waals surface area (Å²) in [6.45, 7) is 3.85. The first-order valence-electron chi connectivity index (χ1n) is 6.66. The lowest BCUT2D eigenvalue weighted by atomic mass is 10.0. The summed E-state index contributed by atoms with van der Waals surface area (Å²) >= 11 is 0. The van der Waals surface area contributed by atoms with Gasteiger partial charge in [-0.25, -0.2) is 4.98 Å². The van der Waals surface area contributed by atoms with Crippen LogP contribution in [0.2, 0.25) is 0 Å². The van der Waals surface area contributed by atoms with E-state index in [2.05, 4.69) is 28.0 Å². The number of nitrogens with one attached hydrogen (secondary N) is 1. The topological polar surface area (TPSA) is 39.1 Å². The quantitative estimate of drug-likeness (QED) is 0.875. The van der Waals surface area contributed by atoms with Gasteiger partial charge in [0.05, 0.1) is 12.1 Å². The van der Waals surface area contributed by atoms with E-state index in [9.17, 15) is 0 Å². The second-order valence-electron chi connectivity index (χ2n) is 5.58. The van der Waals surface area contributed by atoms with Crippen LogP contribution in [0.5, 0.6) is 0 Å². The third-order valence-corrected chi connectivity index (χ3v) is 4.02. The van der Waals surface area contributed by atoms with E-state index >= 15 is 0 Å². The largest absolute Gasteiger partial charge is 0.379 e. The summed E-state index contributed by atoms with van der Waals surface area (Å²) in [5.41, 5.74) is 0.0572. The predicted molar refractivity (Wildman–Crippen MR) is 67.2 cm³/mol. The Morgan fingerprint density at radius 2 is 2.29 bits per heavy atom. The zero-order chi connectivity index (χ0) is 11.7. The smallest absolute Gasteiger partial charge is 0.203 e. The Kier molecular flexibility index (Phi) is 2.82. The summed E-state index contributed by atoms with van der Waals surface area (Å²) in [7, 11) is 0. The number of rotatable bonds is 3. The lowest BCUT2D eigenvalue weighted by Crippen LogP contribution is -2.36. The van der Waals surface area contributed by atoms with Gasteiger partial charge < -0.3 is 14.6 Å². The van der Waals surface area contributed by atoms with Gasteiger partial charge in [-0.05, 0) is 26.2 Å². The Morgan fingerprint density at radius 3 is 3.00 bits per heavy atom. The first kappa shape index (κ1) is 11.1. The fraction of sp³-hybridized carbons (Fsp3) is 0.769. The average Bonchev–Trinajstić information content (AvgIpc) is 2.98. The fourth-order valence-corrected chi connectivity index (χ4v) is 2.92. The van der Waals surface area contributed by atoms with Crippen LogP contribution in [-0.2, 0) is 4.74 Å². The van der Waals surface area contributed by atoms with Crippen molar-refractivity contribution in [1.82, 2.24) is 9.55 Å². The van der Waals surface area contributed by atoms with Crippen LogP contribution in [0, 0.1) is 0 Å². The molecule has 1 aromatic rings. The second-order valence-corrected chi connectivity index (χ2v) is 5.58. The van der Waals surface area contributed by atoms with E-state index in [0.29, 0.717) is 6.04 Å². The lowest BCUT2D eigenvalue weighted by Gasteiger charge is -2.26. The molecule has 0 bridgehead atoms. The Hall–Kier alpha value is -1.03. The first-order chi connectivity index (χ1) is 8.27. The van der Waals surface area contributed by atoms with Crippen molar-refractivity contribution in [3.8, 4) is 0 Å². The van der Waals surface area contributed by atoms with Crippen molar-refractivity contribution in [3.05, 3.63) is 12.4 Å². The third kappa shape index (κ3) is 2.18. The van der Waals surface area contributed by atoms with Crippen LogP contribution >= 0.6 is 0 Å². The summed E-state index contributed by atoms with van der Waals surface area (Å²) < 4.78 is 7.79. The van der Waals surface area contributed by atoms with E-state index in [1.807, 2.05) is 6.20 Å². The predicted octanol–water partition coefficient (Wildman–Crippen LogP) is 2.59. The maximum absolute atomic E-state index is 5.47. The van der Waals surface area contributed by atoms with Crippen LogP contribution in [-0.4, -0.2) is 28.3 Å². The first-order valence-corrected chi connectivity index (χ1v) is 6.66. The summed E-state index contributed by atoms with van der Waals surface area (Å²) in [5.74, 6) is 1.02. The van der Waals surface area contributed by atoms with Gasteiger partial charge in [0.25, 0.3) is 0 Å². The van der Waals surface area contributed by atoms with Crippen LogP contribution in [0.1, 0.15) is 45.1 Å². The van der Waals surface area contributed by atoms with Gasteiger partial charge in [-0.1, -0.05) is 12.8 Å². The molecule has 0 spiro atoms. The number of nitrogens with zero attached hydrogens (tertiary/aromatic N) is 2. The molecule has 3 rings (SSSR count). The number of ether oxygens (including phenoxy) is 1. The molecule has 0 amide bonds.